The third-order valence-corrected chi connectivity index (χ3v) is 2.26. The zero-order valence-electron chi connectivity index (χ0n) is 8.75. The quantitative estimate of drug-likeness (QED) is 0.393. The van der Waals surface area contributed by atoms with Gasteiger partial charge in [0, 0.05) is 0 Å². The summed E-state index contributed by atoms with van der Waals surface area (Å²) in [6, 6.07) is 1.88. The fourth-order valence-electron chi connectivity index (χ4n) is 0.923. The third kappa shape index (κ3) is 4.84. The summed E-state index contributed by atoms with van der Waals surface area (Å²) in [6.07, 6.45) is 0. The molecule has 10 heteroatoms. The Bertz CT molecular complexity index is 455. The average molecular weight is 318 g/mol. The Labute approximate surface area is 118 Å². The molecule has 2 amide bonds. The van der Waals surface area contributed by atoms with Gasteiger partial charge in [0.15, 0.2) is 5.96 Å². The summed E-state index contributed by atoms with van der Waals surface area (Å²) in [6.45, 7) is 0. The molecule has 0 aromatic heterocycles. The molecule has 0 radical (unpaired) electrons. The number of guanidine groups is 1. The molecule has 1 rings (SSSR count). The van der Waals surface area contributed by atoms with Crippen LogP contribution in [0.3, 0.4) is 0 Å². The van der Waals surface area contributed by atoms with Crippen LogP contribution in [0.15, 0.2) is 12.1 Å². The molecule has 0 bridgehead atoms. The van der Waals surface area contributed by atoms with Crippen molar-refractivity contribution in [2.45, 2.75) is 0 Å². The van der Waals surface area contributed by atoms with Gasteiger partial charge < -0.3 is 21.6 Å². The SMILES string of the molecule is Cl.N=C(N)NC(=O)Nc1c(Cl)ccc(O)c1Cl.O. The number of benzene rings is 1. The van der Waals surface area contributed by atoms with E-state index in [1.165, 1.54) is 12.1 Å². The Morgan fingerprint density at radius 3 is 2.44 bits per heavy atom. The monoisotopic (exact) mass is 316 g/mol. The molecule has 0 spiro atoms. The highest BCUT2D eigenvalue weighted by Crippen LogP contribution is 2.36. The lowest BCUT2D eigenvalue weighted by molar-refractivity contribution is 0.256. The second-order valence-corrected chi connectivity index (χ2v) is 3.53. The Balaban J connectivity index is 0. The molecular formula is C8H11Cl3N4O3. The molecule has 7 nitrogen and oxygen atoms in total. The van der Waals surface area contributed by atoms with Gasteiger partial charge in [0.25, 0.3) is 0 Å². The van der Waals surface area contributed by atoms with E-state index in [-0.39, 0.29) is 39.4 Å². The summed E-state index contributed by atoms with van der Waals surface area (Å²) in [5, 5.41) is 20.4. The first-order valence-corrected chi connectivity index (χ1v) is 4.76. The van der Waals surface area contributed by atoms with Crippen LogP contribution in [0.25, 0.3) is 0 Å². The third-order valence-electron chi connectivity index (χ3n) is 1.56. The molecule has 18 heavy (non-hydrogen) atoms. The molecular weight excluding hydrogens is 306 g/mol. The van der Waals surface area contributed by atoms with Crippen LogP contribution in [0, 0.1) is 5.41 Å². The van der Waals surface area contributed by atoms with Gasteiger partial charge in [-0.25, -0.2) is 4.79 Å². The highest BCUT2D eigenvalue weighted by molar-refractivity contribution is 6.40. The largest absolute Gasteiger partial charge is 0.506 e. The molecule has 1 aromatic rings. The van der Waals surface area contributed by atoms with E-state index in [4.69, 9.17) is 34.3 Å². The number of anilines is 1. The van der Waals surface area contributed by atoms with Gasteiger partial charge in [0.1, 0.15) is 10.8 Å². The maximum atomic E-state index is 11.2. The van der Waals surface area contributed by atoms with Crippen LogP contribution in [0.4, 0.5) is 10.5 Å². The Kier molecular flexibility index (Phi) is 8.24. The topological polar surface area (TPSA) is 143 Å². The van der Waals surface area contributed by atoms with E-state index >= 15 is 0 Å². The molecule has 0 aliphatic heterocycles. The van der Waals surface area contributed by atoms with Crippen LogP contribution < -0.4 is 16.4 Å². The van der Waals surface area contributed by atoms with Crippen molar-refractivity contribution in [1.29, 1.82) is 5.41 Å². The number of aromatic hydroxyl groups is 1. The smallest absolute Gasteiger partial charge is 0.326 e. The molecule has 1 aromatic carbocycles. The van der Waals surface area contributed by atoms with E-state index in [1.54, 1.807) is 0 Å². The van der Waals surface area contributed by atoms with E-state index in [9.17, 15) is 9.90 Å². The number of amides is 2. The summed E-state index contributed by atoms with van der Waals surface area (Å²) in [7, 11) is 0. The number of phenols is 1. The predicted molar refractivity (Wildman–Crippen MR) is 73.1 cm³/mol. The van der Waals surface area contributed by atoms with E-state index in [0.29, 0.717) is 0 Å². The molecule has 0 aliphatic carbocycles. The van der Waals surface area contributed by atoms with Gasteiger partial charge >= 0.3 is 6.03 Å². The normalized spacial score (nSPS) is 8.56. The first kappa shape index (κ1) is 18.9. The second kappa shape index (κ2) is 7.83. The van der Waals surface area contributed by atoms with Gasteiger partial charge in [-0.05, 0) is 12.1 Å². The molecule has 102 valence electrons. The average Bonchev–Trinajstić information content (AvgIpc) is 2.17. The summed E-state index contributed by atoms with van der Waals surface area (Å²) in [5.74, 6) is -0.742. The van der Waals surface area contributed by atoms with Gasteiger partial charge in [-0.1, -0.05) is 23.2 Å². The number of urea groups is 1. The Morgan fingerprint density at radius 2 is 1.94 bits per heavy atom. The molecule has 0 atom stereocenters. The molecule has 0 saturated carbocycles. The van der Waals surface area contributed by atoms with Crippen molar-refractivity contribution in [1.82, 2.24) is 5.32 Å². The molecule has 8 N–H and O–H groups in total. The number of phenolic OH excluding ortho intramolecular Hbond substituents is 1. The van der Waals surface area contributed by atoms with E-state index < -0.39 is 12.0 Å². The molecule has 0 fully saturated rings. The second-order valence-electron chi connectivity index (χ2n) is 2.75. The van der Waals surface area contributed by atoms with Crippen molar-refractivity contribution >= 4 is 53.3 Å². The zero-order chi connectivity index (χ0) is 12.3. The zero-order valence-corrected chi connectivity index (χ0v) is 11.1. The predicted octanol–water partition coefficient (Wildman–Crippen LogP) is 1.31. The van der Waals surface area contributed by atoms with Gasteiger partial charge in [0.05, 0.1) is 10.7 Å². The minimum Gasteiger partial charge on any atom is -0.506 e. The van der Waals surface area contributed by atoms with Crippen molar-refractivity contribution in [3.05, 3.63) is 22.2 Å². The minimum atomic E-state index is -0.776. The standard InChI is InChI=1S/C8H8Cl2N4O2.ClH.H2O/c9-3-1-2-4(15)5(10)6(3)13-8(16)14-7(11)12;;/h1-2,15H,(H5,11,12,13,14,16);1H;1H2. The van der Waals surface area contributed by atoms with Crippen molar-refractivity contribution in [2.75, 3.05) is 5.32 Å². The molecule has 0 saturated heterocycles. The number of carbonyl (C=O) groups excluding carboxylic acids is 1. The van der Waals surface area contributed by atoms with Crippen LogP contribution in [-0.4, -0.2) is 22.6 Å². The lowest BCUT2D eigenvalue weighted by atomic mass is 10.3. The van der Waals surface area contributed by atoms with Gasteiger partial charge in [-0.3, -0.25) is 10.7 Å². The van der Waals surface area contributed by atoms with Crippen LogP contribution in [0.2, 0.25) is 10.0 Å². The Hall–Kier alpha value is -1.41. The number of halogens is 3. The van der Waals surface area contributed by atoms with Gasteiger partial charge in [-0.2, -0.15) is 0 Å². The number of nitrogens with one attached hydrogen (secondary N) is 3. The van der Waals surface area contributed by atoms with E-state index in [1.807, 2.05) is 5.32 Å². The maximum Gasteiger partial charge on any atom is 0.326 e. The molecule has 0 heterocycles. The Morgan fingerprint density at radius 1 is 1.39 bits per heavy atom. The van der Waals surface area contributed by atoms with Crippen LogP contribution in [-0.2, 0) is 0 Å². The number of nitrogens with two attached hydrogens (primary N) is 1. The number of carbonyl (C=O) groups is 1. The van der Waals surface area contributed by atoms with Crippen LogP contribution in [0.5, 0.6) is 5.75 Å². The maximum absolute atomic E-state index is 11.2. The van der Waals surface area contributed by atoms with E-state index in [2.05, 4.69) is 5.32 Å². The fourth-order valence-corrected chi connectivity index (χ4v) is 1.39. The molecule has 0 unspecified atom stereocenters. The summed E-state index contributed by atoms with van der Waals surface area (Å²) < 4.78 is 0. The number of rotatable bonds is 1. The van der Waals surface area contributed by atoms with Crippen molar-refractivity contribution in [3.8, 4) is 5.75 Å². The van der Waals surface area contributed by atoms with Gasteiger partial charge in [0.2, 0.25) is 0 Å². The fraction of sp³-hybridized carbons (Fsp3) is 0. The number of hydrogen-bond donors (Lipinski definition) is 5. The summed E-state index contributed by atoms with van der Waals surface area (Å²) >= 11 is 11.5. The van der Waals surface area contributed by atoms with E-state index in [0.717, 1.165) is 0 Å². The number of hydrogen-bond acceptors (Lipinski definition) is 3. The first-order valence-electron chi connectivity index (χ1n) is 4.01. The summed E-state index contributed by atoms with van der Waals surface area (Å²) in [5.41, 5.74) is 4.99. The van der Waals surface area contributed by atoms with Gasteiger partial charge in [-0.15, -0.1) is 12.4 Å². The minimum absolute atomic E-state index is 0. The van der Waals surface area contributed by atoms with Crippen molar-refractivity contribution in [3.63, 3.8) is 0 Å². The highest BCUT2D eigenvalue weighted by atomic mass is 35.5. The summed E-state index contributed by atoms with van der Waals surface area (Å²) in [4.78, 5) is 11.2. The van der Waals surface area contributed by atoms with Crippen molar-refractivity contribution < 1.29 is 15.4 Å². The first-order chi connectivity index (χ1) is 7.41. The molecule has 0 aliphatic rings. The van der Waals surface area contributed by atoms with Crippen molar-refractivity contribution in [2.24, 2.45) is 5.73 Å². The lowest BCUT2D eigenvalue weighted by Crippen LogP contribution is -2.38. The van der Waals surface area contributed by atoms with Crippen LogP contribution in [0.1, 0.15) is 0 Å². The lowest BCUT2D eigenvalue weighted by Gasteiger charge is -2.10. The van der Waals surface area contributed by atoms with Crippen LogP contribution >= 0.6 is 35.6 Å². The highest BCUT2D eigenvalue weighted by Gasteiger charge is 2.13.